The number of carboxylic acids is 1. The summed E-state index contributed by atoms with van der Waals surface area (Å²) in [6.45, 7) is 1.73. The number of nitrogens with two attached hydrogens (primary N) is 1. The minimum Gasteiger partial charge on any atom is -0.478 e. The van der Waals surface area contributed by atoms with Crippen LogP contribution >= 0.6 is 0 Å². The van der Waals surface area contributed by atoms with Gasteiger partial charge in [0, 0.05) is 13.1 Å². The number of carboxylic acid groups (broad SMARTS) is 1. The molecule has 21 heavy (non-hydrogen) atoms. The van der Waals surface area contributed by atoms with Crippen molar-refractivity contribution < 1.29 is 18.3 Å². The Bertz CT molecular complexity index is 811. The van der Waals surface area contributed by atoms with E-state index < -0.39 is 16.0 Å². The Morgan fingerprint density at radius 1 is 1.38 bits per heavy atom. The molecule has 0 radical (unpaired) electrons. The number of aromatic nitrogens is 2. The second kappa shape index (κ2) is 5.09. The van der Waals surface area contributed by atoms with E-state index in [4.69, 9.17) is 10.8 Å². The maximum Gasteiger partial charge on any atom is 0.335 e. The first-order valence-electron chi connectivity index (χ1n) is 5.87. The van der Waals surface area contributed by atoms with E-state index in [1.165, 1.54) is 10.7 Å². The Kier molecular flexibility index (Phi) is 3.60. The molecule has 112 valence electrons. The summed E-state index contributed by atoms with van der Waals surface area (Å²) in [5.41, 5.74) is 6.08. The molecular weight excluding hydrogens is 296 g/mol. The summed E-state index contributed by atoms with van der Waals surface area (Å²) in [7, 11) is -2.33. The van der Waals surface area contributed by atoms with Gasteiger partial charge in [0.2, 0.25) is 0 Å². The lowest BCUT2D eigenvalue weighted by atomic mass is 10.2. The van der Waals surface area contributed by atoms with Gasteiger partial charge in [-0.2, -0.15) is 5.10 Å². The Labute approximate surface area is 121 Å². The van der Waals surface area contributed by atoms with Gasteiger partial charge in [0.1, 0.15) is 10.7 Å². The van der Waals surface area contributed by atoms with Crippen LogP contribution in [0.4, 0.5) is 11.5 Å². The lowest BCUT2D eigenvalue weighted by molar-refractivity contribution is 0.0697. The lowest BCUT2D eigenvalue weighted by Gasteiger charge is -2.10. The SMILES string of the molecule is Cc1cc(NS(=O)(=O)c2ccc(C(=O)O)cc2N)n(C)n1. The highest BCUT2D eigenvalue weighted by atomic mass is 32.2. The molecule has 1 aromatic heterocycles. The highest BCUT2D eigenvalue weighted by molar-refractivity contribution is 7.92. The van der Waals surface area contributed by atoms with Crippen molar-refractivity contribution in [1.82, 2.24) is 9.78 Å². The molecule has 8 nitrogen and oxygen atoms in total. The van der Waals surface area contributed by atoms with Crippen molar-refractivity contribution in [3.05, 3.63) is 35.5 Å². The average molecular weight is 310 g/mol. The van der Waals surface area contributed by atoms with Crippen molar-refractivity contribution >= 4 is 27.5 Å². The number of aryl methyl sites for hydroxylation is 2. The molecule has 0 bridgehead atoms. The van der Waals surface area contributed by atoms with Crippen LogP contribution in [0.1, 0.15) is 16.1 Å². The number of aromatic carboxylic acids is 1. The molecule has 0 aliphatic rings. The van der Waals surface area contributed by atoms with Crippen molar-refractivity contribution in [2.24, 2.45) is 7.05 Å². The van der Waals surface area contributed by atoms with Gasteiger partial charge in [-0.1, -0.05) is 0 Å². The van der Waals surface area contributed by atoms with Crippen molar-refractivity contribution in [2.45, 2.75) is 11.8 Å². The standard InChI is InChI=1S/C12H14N4O4S/c1-7-5-11(16(2)14-7)15-21(19,20)10-4-3-8(12(17)18)6-9(10)13/h3-6,15H,13H2,1-2H3,(H,17,18). The van der Waals surface area contributed by atoms with Gasteiger partial charge in [-0.25, -0.2) is 13.2 Å². The number of rotatable bonds is 4. The van der Waals surface area contributed by atoms with Gasteiger partial charge in [-0.3, -0.25) is 9.40 Å². The van der Waals surface area contributed by atoms with E-state index in [0.717, 1.165) is 12.1 Å². The average Bonchev–Trinajstić information content (AvgIpc) is 2.66. The van der Waals surface area contributed by atoms with E-state index in [-0.39, 0.29) is 22.0 Å². The molecule has 0 saturated heterocycles. The second-order valence-corrected chi connectivity index (χ2v) is 6.11. The summed E-state index contributed by atoms with van der Waals surface area (Å²) in [4.78, 5) is 10.6. The van der Waals surface area contributed by atoms with Crippen LogP contribution in [0, 0.1) is 6.92 Å². The van der Waals surface area contributed by atoms with Crippen LogP contribution in [0.25, 0.3) is 0 Å². The smallest absolute Gasteiger partial charge is 0.335 e. The zero-order valence-corrected chi connectivity index (χ0v) is 12.2. The van der Waals surface area contributed by atoms with Crippen LogP contribution in [0.2, 0.25) is 0 Å². The highest BCUT2D eigenvalue weighted by Gasteiger charge is 2.20. The van der Waals surface area contributed by atoms with Gasteiger partial charge in [-0.15, -0.1) is 0 Å². The predicted octanol–water partition coefficient (Wildman–Crippen LogP) is 0.810. The third kappa shape index (κ3) is 2.97. The molecule has 1 aromatic carbocycles. The fourth-order valence-electron chi connectivity index (χ4n) is 1.82. The maximum atomic E-state index is 12.3. The normalized spacial score (nSPS) is 11.3. The third-order valence-electron chi connectivity index (χ3n) is 2.79. The number of anilines is 2. The van der Waals surface area contributed by atoms with Gasteiger partial charge >= 0.3 is 5.97 Å². The zero-order valence-electron chi connectivity index (χ0n) is 11.4. The van der Waals surface area contributed by atoms with Gasteiger partial charge in [0.15, 0.2) is 0 Å². The summed E-state index contributed by atoms with van der Waals surface area (Å²) in [5, 5.41) is 12.9. The van der Waals surface area contributed by atoms with Crippen molar-refractivity contribution in [3.8, 4) is 0 Å². The molecule has 0 unspecified atom stereocenters. The summed E-state index contributed by atoms with van der Waals surface area (Å²) < 4.78 is 28.3. The van der Waals surface area contributed by atoms with Crippen molar-refractivity contribution in [2.75, 3.05) is 10.5 Å². The largest absolute Gasteiger partial charge is 0.478 e. The van der Waals surface area contributed by atoms with Crippen molar-refractivity contribution in [1.29, 1.82) is 0 Å². The predicted molar refractivity (Wildman–Crippen MR) is 76.6 cm³/mol. The Morgan fingerprint density at radius 2 is 2.05 bits per heavy atom. The number of hydrogen-bond donors (Lipinski definition) is 3. The Hall–Kier alpha value is -2.55. The van der Waals surface area contributed by atoms with Crippen LogP contribution in [-0.2, 0) is 17.1 Å². The number of carbonyl (C=O) groups is 1. The van der Waals surface area contributed by atoms with E-state index in [9.17, 15) is 13.2 Å². The van der Waals surface area contributed by atoms with Gasteiger partial charge in [-0.05, 0) is 25.1 Å². The van der Waals surface area contributed by atoms with Gasteiger partial charge < -0.3 is 10.8 Å². The molecule has 0 aliphatic carbocycles. The first-order chi connectivity index (χ1) is 9.70. The molecule has 0 saturated carbocycles. The summed E-state index contributed by atoms with van der Waals surface area (Å²) in [6, 6.07) is 5.01. The van der Waals surface area contributed by atoms with Crippen LogP contribution in [0.15, 0.2) is 29.2 Å². The topological polar surface area (TPSA) is 127 Å². The zero-order chi connectivity index (χ0) is 15.8. The molecule has 0 spiro atoms. The molecule has 0 fully saturated rings. The first-order valence-corrected chi connectivity index (χ1v) is 7.35. The first kappa shape index (κ1) is 14.9. The molecule has 2 rings (SSSR count). The maximum absolute atomic E-state index is 12.3. The van der Waals surface area contributed by atoms with Gasteiger partial charge in [0.05, 0.1) is 16.9 Å². The number of benzene rings is 1. The number of sulfonamides is 1. The number of nitrogen functional groups attached to an aromatic ring is 1. The van der Waals surface area contributed by atoms with E-state index in [0.29, 0.717) is 5.69 Å². The van der Waals surface area contributed by atoms with E-state index in [1.54, 1.807) is 20.0 Å². The highest BCUT2D eigenvalue weighted by Crippen LogP contribution is 2.23. The molecule has 4 N–H and O–H groups in total. The number of nitrogens with one attached hydrogen (secondary N) is 1. The second-order valence-electron chi connectivity index (χ2n) is 4.46. The van der Waals surface area contributed by atoms with Crippen LogP contribution in [0.5, 0.6) is 0 Å². The molecule has 0 amide bonds. The van der Waals surface area contributed by atoms with E-state index in [1.807, 2.05) is 0 Å². The lowest BCUT2D eigenvalue weighted by Crippen LogP contribution is -2.17. The van der Waals surface area contributed by atoms with E-state index >= 15 is 0 Å². The fourth-order valence-corrected chi connectivity index (χ4v) is 3.02. The number of hydrogen-bond acceptors (Lipinski definition) is 5. The minimum atomic E-state index is -3.92. The Balaban J connectivity index is 2.40. The minimum absolute atomic E-state index is 0.0807. The molecule has 0 atom stereocenters. The third-order valence-corrected chi connectivity index (χ3v) is 4.22. The monoisotopic (exact) mass is 310 g/mol. The quantitative estimate of drug-likeness (QED) is 0.717. The molecule has 9 heteroatoms. The van der Waals surface area contributed by atoms with E-state index in [2.05, 4.69) is 9.82 Å². The Morgan fingerprint density at radius 3 is 2.52 bits per heavy atom. The molecule has 0 aliphatic heterocycles. The van der Waals surface area contributed by atoms with Crippen LogP contribution < -0.4 is 10.5 Å². The summed E-state index contributed by atoms with van der Waals surface area (Å²) >= 11 is 0. The molecule has 2 aromatic rings. The van der Waals surface area contributed by atoms with Crippen molar-refractivity contribution in [3.63, 3.8) is 0 Å². The van der Waals surface area contributed by atoms with Gasteiger partial charge in [0.25, 0.3) is 10.0 Å². The molecular formula is C12H14N4O4S. The number of nitrogens with zero attached hydrogens (tertiary/aromatic N) is 2. The van der Waals surface area contributed by atoms with Crippen LogP contribution in [0.3, 0.4) is 0 Å². The van der Waals surface area contributed by atoms with Crippen LogP contribution in [-0.4, -0.2) is 29.3 Å². The summed E-state index contributed by atoms with van der Waals surface area (Å²) in [6.07, 6.45) is 0. The summed E-state index contributed by atoms with van der Waals surface area (Å²) in [5.74, 6) is -0.893. The fraction of sp³-hybridized carbons (Fsp3) is 0.167. The molecule has 1 heterocycles.